The number of benzene rings is 2. The molecule has 0 aliphatic heterocycles. The van der Waals surface area contributed by atoms with Gasteiger partial charge in [0.2, 0.25) is 5.91 Å². The van der Waals surface area contributed by atoms with E-state index in [4.69, 9.17) is 4.74 Å². The summed E-state index contributed by atoms with van der Waals surface area (Å²) in [6.07, 6.45) is 2.48. The molecule has 0 aromatic heterocycles. The number of hydrogen-bond donors (Lipinski definition) is 2. The van der Waals surface area contributed by atoms with E-state index >= 15 is 0 Å². The largest absolute Gasteiger partial charge is 0.495 e. The molecule has 2 N–H and O–H groups in total. The Morgan fingerprint density at radius 2 is 1.88 bits per heavy atom. The average Bonchev–Trinajstić information content (AvgIpc) is 3.45. The van der Waals surface area contributed by atoms with Gasteiger partial charge in [0.25, 0.3) is 0 Å². The van der Waals surface area contributed by atoms with Crippen molar-refractivity contribution >= 4 is 11.6 Å². The van der Waals surface area contributed by atoms with Crippen molar-refractivity contribution in [2.24, 2.45) is 5.92 Å². The summed E-state index contributed by atoms with van der Waals surface area (Å²) in [5.74, 6) is 1.27. The Labute approximate surface area is 149 Å². The van der Waals surface area contributed by atoms with E-state index in [9.17, 15) is 4.79 Å². The SMILES string of the molecule is COc1ccc(C)cc1NC(=O)C(NC(C)C1CC1)c1ccccc1. The van der Waals surface area contributed by atoms with Gasteiger partial charge in [-0.2, -0.15) is 0 Å². The van der Waals surface area contributed by atoms with Gasteiger partial charge in [-0.05, 0) is 55.9 Å². The summed E-state index contributed by atoms with van der Waals surface area (Å²) in [5.41, 5.74) is 2.75. The second kappa shape index (κ2) is 7.70. The van der Waals surface area contributed by atoms with Crippen LogP contribution in [0.5, 0.6) is 5.75 Å². The van der Waals surface area contributed by atoms with E-state index in [1.807, 2.05) is 55.5 Å². The van der Waals surface area contributed by atoms with Gasteiger partial charge in [0, 0.05) is 6.04 Å². The Bertz CT molecular complexity index is 726. The molecule has 1 fully saturated rings. The van der Waals surface area contributed by atoms with Gasteiger partial charge in [0.15, 0.2) is 0 Å². The van der Waals surface area contributed by atoms with Crippen molar-refractivity contribution in [2.75, 3.05) is 12.4 Å². The molecular formula is C21H26N2O2. The minimum Gasteiger partial charge on any atom is -0.495 e. The van der Waals surface area contributed by atoms with Gasteiger partial charge in [-0.3, -0.25) is 10.1 Å². The van der Waals surface area contributed by atoms with Crippen molar-refractivity contribution in [3.8, 4) is 5.75 Å². The third kappa shape index (κ3) is 4.40. The molecule has 0 radical (unpaired) electrons. The fourth-order valence-electron chi connectivity index (χ4n) is 3.09. The van der Waals surface area contributed by atoms with Crippen LogP contribution >= 0.6 is 0 Å². The Balaban J connectivity index is 1.82. The quantitative estimate of drug-likeness (QED) is 0.800. The molecule has 0 heterocycles. The monoisotopic (exact) mass is 338 g/mol. The number of hydrogen-bond acceptors (Lipinski definition) is 3. The number of anilines is 1. The van der Waals surface area contributed by atoms with Crippen molar-refractivity contribution in [1.29, 1.82) is 0 Å². The van der Waals surface area contributed by atoms with Crippen molar-refractivity contribution in [3.63, 3.8) is 0 Å². The number of amides is 1. The Kier molecular flexibility index (Phi) is 5.39. The predicted octanol–water partition coefficient (Wildman–Crippen LogP) is 4.07. The first-order valence-corrected chi connectivity index (χ1v) is 8.85. The van der Waals surface area contributed by atoms with Crippen molar-refractivity contribution in [1.82, 2.24) is 5.32 Å². The van der Waals surface area contributed by atoms with E-state index in [2.05, 4.69) is 17.6 Å². The Morgan fingerprint density at radius 3 is 2.52 bits per heavy atom. The summed E-state index contributed by atoms with van der Waals surface area (Å²) in [5, 5.41) is 6.55. The number of carbonyl (C=O) groups is 1. The highest BCUT2D eigenvalue weighted by Crippen LogP contribution is 2.34. The highest BCUT2D eigenvalue weighted by Gasteiger charge is 2.32. The second-order valence-electron chi connectivity index (χ2n) is 6.83. The zero-order chi connectivity index (χ0) is 17.8. The highest BCUT2D eigenvalue weighted by atomic mass is 16.5. The van der Waals surface area contributed by atoms with Crippen LogP contribution in [0.25, 0.3) is 0 Å². The molecule has 0 spiro atoms. The first-order valence-electron chi connectivity index (χ1n) is 8.85. The summed E-state index contributed by atoms with van der Waals surface area (Å²) in [4.78, 5) is 13.0. The molecule has 1 amide bonds. The molecule has 4 heteroatoms. The maximum Gasteiger partial charge on any atom is 0.246 e. The molecular weight excluding hydrogens is 312 g/mol. The van der Waals surface area contributed by atoms with Crippen LogP contribution < -0.4 is 15.4 Å². The van der Waals surface area contributed by atoms with E-state index in [-0.39, 0.29) is 11.9 Å². The zero-order valence-corrected chi connectivity index (χ0v) is 15.1. The summed E-state index contributed by atoms with van der Waals surface area (Å²) in [6.45, 7) is 4.16. The molecule has 1 aliphatic rings. The minimum atomic E-state index is -0.387. The summed E-state index contributed by atoms with van der Waals surface area (Å²) in [6, 6.07) is 15.6. The Hall–Kier alpha value is -2.33. The molecule has 0 bridgehead atoms. The van der Waals surface area contributed by atoms with Crippen LogP contribution in [0, 0.1) is 12.8 Å². The molecule has 25 heavy (non-hydrogen) atoms. The maximum absolute atomic E-state index is 13.0. The normalized spacial score (nSPS) is 16.1. The van der Waals surface area contributed by atoms with Crippen LogP contribution in [0.2, 0.25) is 0 Å². The first-order chi connectivity index (χ1) is 12.1. The molecule has 4 nitrogen and oxygen atoms in total. The fraction of sp³-hybridized carbons (Fsp3) is 0.381. The molecule has 2 atom stereocenters. The second-order valence-corrected chi connectivity index (χ2v) is 6.83. The van der Waals surface area contributed by atoms with Gasteiger partial charge in [-0.1, -0.05) is 36.4 Å². The maximum atomic E-state index is 13.0. The highest BCUT2D eigenvalue weighted by molar-refractivity contribution is 5.96. The number of carbonyl (C=O) groups excluding carboxylic acids is 1. The van der Waals surface area contributed by atoms with Crippen LogP contribution in [-0.2, 0) is 4.79 Å². The number of nitrogens with one attached hydrogen (secondary N) is 2. The van der Waals surface area contributed by atoms with Gasteiger partial charge in [0.1, 0.15) is 11.8 Å². The van der Waals surface area contributed by atoms with E-state index in [1.165, 1.54) is 12.8 Å². The smallest absolute Gasteiger partial charge is 0.246 e. The van der Waals surface area contributed by atoms with Gasteiger partial charge in [-0.15, -0.1) is 0 Å². The van der Waals surface area contributed by atoms with Crippen LogP contribution in [0.4, 0.5) is 5.69 Å². The van der Waals surface area contributed by atoms with Crippen LogP contribution in [0.3, 0.4) is 0 Å². The molecule has 1 aliphatic carbocycles. The topological polar surface area (TPSA) is 50.4 Å². The van der Waals surface area contributed by atoms with Crippen LogP contribution in [-0.4, -0.2) is 19.1 Å². The van der Waals surface area contributed by atoms with Crippen LogP contribution in [0.1, 0.15) is 36.9 Å². The molecule has 2 unspecified atom stereocenters. The molecule has 3 rings (SSSR count). The first kappa shape index (κ1) is 17.5. The lowest BCUT2D eigenvalue weighted by Gasteiger charge is -2.23. The predicted molar refractivity (Wildman–Crippen MR) is 101 cm³/mol. The van der Waals surface area contributed by atoms with Gasteiger partial charge >= 0.3 is 0 Å². The van der Waals surface area contributed by atoms with Crippen molar-refractivity contribution < 1.29 is 9.53 Å². The molecule has 132 valence electrons. The number of aryl methyl sites for hydroxylation is 1. The van der Waals surface area contributed by atoms with Crippen LogP contribution in [0.15, 0.2) is 48.5 Å². The number of rotatable bonds is 7. The van der Waals surface area contributed by atoms with Gasteiger partial charge < -0.3 is 10.1 Å². The van der Waals surface area contributed by atoms with E-state index in [1.54, 1.807) is 7.11 Å². The fourth-order valence-corrected chi connectivity index (χ4v) is 3.09. The molecule has 2 aromatic carbocycles. The molecule has 2 aromatic rings. The summed E-state index contributed by atoms with van der Waals surface area (Å²) < 4.78 is 5.38. The lowest BCUT2D eigenvalue weighted by Crippen LogP contribution is -2.39. The van der Waals surface area contributed by atoms with Crippen molar-refractivity contribution in [2.45, 2.75) is 38.8 Å². The third-order valence-corrected chi connectivity index (χ3v) is 4.77. The number of ether oxygens (including phenoxy) is 1. The number of methoxy groups -OCH3 is 1. The van der Waals surface area contributed by atoms with Crippen molar-refractivity contribution in [3.05, 3.63) is 59.7 Å². The summed E-state index contributed by atoms with van der Waals surface area (Å²) in [7, 11) is 1.61. The van der Waals surface area contributed by atoms with E-state index in [0.717, 1.165) is 11.1 Å². The molecule has 0 saturated heterocycles. The van der Waals surface area contributed by atoms with Gasteiger partial charge in [0.05, 0.1) is 12.8 Å². The van der Waals surface area contributed by atoms with E-state index in [0.29, 0.717) is 23.4 Å². The summed E-state index contributed by atoms with van der Waals surface area (Å²) >= 11 is 0. The zero-order valence-electron chi connectivity index (χ0n) is 15.1. The standard InChI is InChI=1S/C21H26N2O2/c1-14-9-12-19(25-3)18(13-14)23-21(24)20(17-7-5-4-6-8-17)22-15(2)16-10-11-16/h4-9,12-13,15-16,20,22H,10-11H2,1-3H3,(H,23,24). The Morgan fingerprint density at radius 1 is 1.16 bits per heavy atom. The van der Waals surface area contributed by atoms with E-state index < -0.39 is 0 Å². The lowest BCUT2D eigenvalue weighted by molar-refractivity contribution is -0.118. The van der Waals surface area contributed by atoms with Gasteiger partial charge in [-0.25, -0.2) is 0 Å². The average molecular weight is 338 g/mol. The third-order valence-electron chi connectivity index (χ3n) is 4.77. The molecule has 1 saturated carbocycles. The minimum absolute atomic E-state index is 0.0670. The lowest BCUT2D eigenvalue weighted by atomic mass is 10.0.